The Morgan fingerprint density at radius 3 is 2.77 bits per heavy atom. The Labute approximate surface area is 131 Å². The van der Waals surface area contributed by atoms with E-state index in [4.69, 9.17) is 0 Å². The summed E-state index contributed by atoms with van der Waals surface area (Å²) in [6.45, 7) is 4.22. The molecule has 0 aromatic carbocycles. The fraction of sp³-hybridized carbons (Fsp3) is 0.714. The van der Waals surface area contributed by atoms with E-state index in [1.807, 2.05) is 30.8 Å². The van der Waals surface area contributed by atoms with Crippen molar-refractivity contribution in [2.75, 3.05) is 25.1 Å². The number of hydrogen-bond acceptors (Lipinski definition) is 5. The van der Waals surface area contributed by atoms with Gasteiger partial charge in [-0.3, -0.25) is 9.48 Å². The number of carbonyl (C=O) groups excluding carboxylic acids is 1. The summed E-state index contributed by atoms with van der Waals surface area (Å²) in [5.74, 6) is 0.172. The number of aromatic nitrogens is 2. The molecule has 1 N–H and O–H groups in total. The van der Waals surface area contributed by atoms with Crippen LogP contribution in [-0.4, -0.2) is 66.2 Å². The number of hydrogen-bond donors (Lipinski definition) is 1. The molecule has 2 heterocycles. The van der Waals surface area contributed by atoms with E-state index in [-0.39, 0.29) is 42.1 Å². The summed E-state index contributed by atoms with van der Waals surface area (Å²) >= 11 is 0. The normalized spacial score (nSPS) is 23.1. The quantitative estimate of drug-likeness (QED) is 0.799. The third-order valence-electron chi connectivity index (χ3n) is 4.39. The Bertz CT molecular complexity index is 600. The van der Waals surface area contributed by atoms with Crippen molar-refractivity contribution in [2.45, 2.75) is 38.4 Å². The van der Waals surface area contributed by atoms with Gasteiger partial charge in [-0.25, -0.2) is 8.42 Å². The van der Waals surface area contributed by atoms with E-state index >= 15 is 0 Å². The molecule has 1 aromatic heterocycles. The van der Waals surface area contributed by atoms with Gasteiger partial charge in [-0.2, -0.15) is 5.10 Å². The van der Waals surface area contributed by atoms with Crippen molar-refractivity contribution < 1.29 is 13.2 Å². The van der Waals surface area contributed by atoms with Crippen molar-refractivity contribution in [3.8, 4) is 0 Å². The van der Waals surface area contributed by atoms with Crippen molar-refractivity contribution in [2.24, 2.45) is 0 Å². The summed E-state index contributed by atoms with van der Waals surface area (Å²) in [7, 11) is -1.30. The van der Waals surface area contributed by atoms with Gasteiger partial charge in [0, 0.05) is 31.5 Å². The first-order chi connectivity index (χ1) is 10.3. The van der Waals surface area contributed by atoms with Crippen molar-refractivity contribution in [3.05, 3.63) is 18.5 Å². The predicted molar refractivity (Wildman–Crippen MR) is 84.2 cm³/mol. The average molecular weight is 328 g/mol. The van der Waals surface area contributed by atoms with Crippen molar-refractivity contribution in [3.63, 3.8) is 0 Å². The lowest BCUT2D eigenvalue weighted by Gasteiger charge is -2.26. The first-order valence-electron chi connectivity index (χ1n) is 7.49. The number of carbonyl (C=O) groups is 1. The minimum Gasteiger partial charge on any atom is -0.341 e. The fourth-order valence-electron chi connectivity index (χ4n) is 2.58. The van der Waals surface area contributed by atoms with Crippen LogP contribution in [0.5, 0.6) is 0 Å². The lowest BCUT2D eigenvalue weighted by molar-refractivity contribution is -0.130. The predicted octanol–water partition coefficient (Wildman–Crippen LogP) is 0.0677. The van der Waals surface area contributed by atoms with Gasteiger partial charge in [-0.05, 0) is 26.3 Å². The Hall–Kier alpha value is -1.41. The summed E-state index contributed by atoms with van der Waals surface area (Å²) in [6.07, 6.45) is 4.15. The van der Waals surface area contributed by atoms with Crippen LogP contribution >= 0.6 is 0 Å². The van der Waals surface area contributed by atoms with Gasteiger partial charge in [0.25, 0.3) is 0 Å². The van der Waals surface area contributed by atoms with Gasteiger partial charge in [0.15, 0.2) is 9.84 Å². The molecular formula is C14H24N4O3S. The van der Waals surface area contributed by atoms with Crippen molar-refractivity contribution >= 4 is 15.7 Å². The minimum atomic E-state index is -2.97. The lowest BCUT2D eigenvalue weighted by atomic mass is 10.1. The standard InChI is InChI=1S/C14H24N4O3S/c1-11(12(2)18-7-4-6-16-18)15-9-14(19)17(3)13-5-8-22(20,21)10-13/h4,6-7,11-13,15H,5,8-10H2,1-3H3/t11-,12-,13+/m0/s1. The molecule has 22 heavy (non-hydrogen) atoms. The van der Waals surface area contributed by atoms with Gasteiger partial charge in [0.05, 0.1) is 24.1 Å². The zero-order valence-electron chi connectivity index (χ0n) is 13.3. The molecule has 3 atom stereocenters. The largest absolute Gasteiger partial charge is 0.341 e. The van der Waals surface area contributed by atoms with Gasteiger partial charge < -0.3 is 10.2 Å². The zero-order chi connectivity index (χ0) is 16.3. The van der Waals surface area contributed by atoms with Crippen LogP contribution in [0.15, 0.2) is 18.5 Å². The minimum absolute atomic E-state index is 0.0737. The summed E-state index contributed by atoms with van der Waals surface area (Å²) in [6, 6.07) is 1.87. The molecular weight excluding hydrogens is 304 g/mol. The second-order valence-electron chi connectivity index (χ2n) is 5.96. The van der Waals surface area contributed by atoms with Crippen LogP contribution in [0, 0.1) is 0 Å². The van der Waals surface area contributed by atoms with Gasteiger partial charge >= 0.3 is 0 Å². The van der Waals surface area contributed by atoms with Crippen LogP contribution in [0.1, 0.15) is 26.3 Å². The highest BCUT2D eigenvalue weighted by Crippen LogP contribution is 2.16. The Morgan fingerprint density at radius 1 is 1.50 bits per heavy atom. The van der Waals surface area contributed by atoms with E-state index in [0.29, 0.717) is 6.42 Å². The summed E-state index contributed by atoms with van der Waals surface area (Å²) < 4.78 is 24.8. The maximum Gasteiger partial charge on any atom is 0.236 e. The van der Waals surface area contributed by atoms with Crippen LogP contribution in [0.2, 0.25) is 0 Å². The van der Waals surface area contributed by atoms with E-state index < -0.39 is 9.84 Å². The number of sulfone groups is 1. The van der Waals surface area contributed by atoms with Crippen LogP contribution in [0.3, 0.4) is 0 Å². The number of nitrogens with zero attached hydrogens (tertiary/aromatic N) is 3. The third kappa shape index (κ3) is 4.07. The zero-order valence-corrected chi connectivity index (χ0v) is 14.1. The maximum absolute atomic E-state index is 12.2. The topological polar surface area (TPSA) is 84.3 Å². The molecule has 0 aliphatic carbocycles. The number of nitrogens with one attached hydrogen (secondary N) is 1. The van der Waals surface area contributed by atoms with E-state index in [2.05, 4.69) is 10.4 Å². The molecule has 0 saturated carbocycles. The first-order valence-corrected chi connectivity index (χ1v) is 9.31. The third-order valence-corrected chi connectivity index (χ3v) is 6.14. The van der Waals surface area contributed by atoms with E-state index in [1.165, 1.54) is 0 Å². The molecule has 2 rings (SSSR count). The van der Waals surface area contributed by atoms with Crippen molar-refractivity contribution in [1.29, 1.82) is 0 Å². The number of rotatable bonds is 6. The van der Waals surface area contributed by atoms with Crippen LogP contribution in [-0.2, 0) is 14.6 Å². The molecule has 7 nitrogen and oxygen atoms in total. The Kier molecular flexibility index (Phi) is 5.23. The molecule has 1 amide bonds. The monoisotopic (exact) mass is 328 g/mol. The van der Waals surface area contributed by atoms with Gasteiger partial charge in [0.1, 0.15) is 0 Å². The number of likely N-dealkylation sites (N-methyl/N-ethyl adjacent to an activating group) is 1. The molecule has 1 saturated heterocycles. The van der Waals surface area contributed by atoms with Gasteiger partial charge in [0.2, 0.25) is 5.91 Å². The lowest BCUT2D eigenvalue weighted by Crippen LogP contribution is -2.45. The first kappa shape index (κ1) is 17.0. The summed E-state index contributed by atoms with van der Waals surface area (Å²) in [4.78, 5) is 13.8. The fourth-order valence-corrected chi connectivity index (χ4v) is 4.35. The highest BCUT2D eigenvalue weighted by Gasteiger charge is 2.32. The van der Waals surface area contributed by atoms with Crippen molar-refractivity contribution in [1.82, 2.24) is 20.0 Å². The maximum atomic E-state index is 12.2. The molecule has 1 aliphatic rings. The van der Waals surface area contributed by atoms with Crippen LogP contribution < -0.4 is 5.32 Å². The molecule has 124 valence electrons. The Balaban J connectivity index is 1.82. The van der Waals surface area contributed by atoms with Gasteiger partial charge in [-0.1, -0.05) is 0 Å². The van der Waals surface area contributed by atoms with E-state index in [0.717, 1.165) is 0 Å². The number of amides is 1. The molecule has 1 fully saturated rings. The molecule has 0 radical (unpaired) electrons. The van der Waals surface area contributed by atoms with Crippen LogP contribution in [0.4, 0.5) is 0 Å². The summed E-state index contributed by atoms with van der Waals surface area (Å²) in [5.41, 5.74) is 0. The highest BCUT2D eigenvalue weighted by molar-refractivity contribution is 7.91. The molecule has 0 unspecified atom stereocenters. The summed E-state index contributed by atoms with van der Waals surface area (Å²) in [5, 5.41) is 7.39. The van der Waals surface area contributed by atoms with Crippen LogP contribution in [0.25, 0.3) is 0 Å². The van der Waals surface area contributed by atoms with E-state index in [1.54, 1.807) is 18.1 Å². The van der Waals surface area contributed by atoms with Gasteiger partial charge in [-0.15, -0.1) is 0 Å². The smallest absolute Gasteiger partial charge is 0.236 e. The second-order valence-corrected chi connectivity index (χ2v) is 8.19. The highest BCUT2D eigenvalue weighted by atomic mass is 32.2. The SMILES string of the molecule is C[C@H](NCC(=O)N(C)[C@@H]1CCS(=O)(=O)C1)[C@H](C)n1cccn1. The molecule has 1 aliphatic heterocycles. The molecule has 1 aromatic rings. The Morgan fingerprint density at radius 2 is 2.23 bits per heavy atom. The second kappa shape index (κ2) is 6.78. The van der Waals surface area contributed by atoms with E-state index in [9.17, 15) is 13.2 Å². The molecule has 0 spiro atoms. The molecule has 8 heteroatoms. The average Bonchev–Trinajstić information content (AvgIpc) is 3.12. The molecule has 0 bridgehead atoms.